The Morgan fingerprint density at radius 3 is 2.78 bits per heavy atom. The summed E-state index contributed by atoms with van der Waals surface area (Å²) in [5.74, 6) is 0.654. The number of hydrogen-bond donors (Lipinski definition) is 2. The first kappa shape index (κ1) is 14.6. The zero-order valence-corrected chi connectivity index (χ0v) is 11.6. The molecule has 1 aromatic rings. The van der Waals surface area contributed by atoms with Gasteiger partial charge in [-0.05, 0) is 26.3 Å². The van der Waals surface area contributed by atoms with E-state index in [4.69, 9.17) is 22.5 Å². The fourth-order valence-corrected chi connectivity index (χ4v) is 2.05. The van der Waals surface area contributed by atoms with E-state index in [9.17, 15) is 0 Å². The van der Waals surface area contributed by atoms with Crippen molar-refractivity contribution in [2.45, 2.75) is 33.2 Å². The highest BCUT2D eigenvalue weighted by atomic mass is 35.5. The van der Waals surface area contributed by atoms with Crippen molar-refractivity contribution in [3.8, 4) is 0 Å². The van der Waals surface area contributed by atoms with E-state index in [0.29, 0.717) is 16.4 Å². The minimum atomic E-state index is -0.0103. The third kappa shape index (κ3) is 3.04. The monoisotopic (exact) mass is 270 g/mol. The molecule has 3 N–H and O–H groups in total. The standard InChI is InChI=1S/C12H19ClN4O/c1-4-7-17(8(2)3)12-10(13)9(5-6-15-12)11(14)16-18/h5-6,8,18H,4,7H2,1-3H3,(H2,14,16). The van der Waals surface area contributed by atoms with Crippen LogP contribution in [0.5, 0.6) is 0 Å². The molecule has 0 saturated carbocycles. The Kier molecular flexibility index (Phi) is 5.22. The Morgan fingerprint density at radius 1 is 1.61 bits per heavy atom. The van der Waals surface area contributed by atoms with Gasteiger partial charge in [0.05, 0.1) is 5.02 Å². The minimum absolute atomic E-state index is 0.0103. The van der Waals surface area contributed by atoms with E-state index in [2.05, 4.69) is 35.8 Å². The van der Waals surface area contributed by atoms with Gasteiger partial charge in [0.1, 0.15) is 5.82 Å². The normalized spacial score (nSPS) is 11.9. The van der Waals surface area contributed by atoms with E-state index in [0.717, 1.165) is 13.0 Å². The summed E-state index contributed by atoms with van der Waals surface area (Å²) in [5, 5.41) is 12.1. The predicted octanol–water partition coefficient (Wildman–Crippen LogP) is 2.45. The van der Waals surface area contributed by atoms with E-state index >= 15 is 0 Å². The molecule has 1 heterocycles. The molecule has 100 valence electrons. The predicted molar refractivity (Wildman–Crippen MR) is 74.5 cm³/mol. The first-order chi connectivity index (χ1) is 8.52. The van der Waals surface area contributed by atoms with Gasteiger partial charge < -0.3 is 15.8 Å². The van der Waals surface area contributed by atoms with Crippen molar-refractivity contribution in [3.05, 3.63) is 22.8 Å². The van der Waals surface area contributed by atoms with Crippen molar-refractivity contribution in [1.82, 2.24) is 4.98 Å². The summed E-state index contributed by atoms with van der Waals surface area (Å²) in [6, 6.07) is 1.91. The Balaban J connectivity index is 3.24. The van der Waals surface area contributed by atoms with Gasteiger partial charge in [0.15, 0.2) is 5.84 Å². The molecule has 0 spiro atoms. The summed E-state index contributed by atoms with van der Waals surface area (Å²) in [6.45, 7) is 7.09. The van der Waals surface area contributed by atoms with E-state index in [1.54, 1.807) is 12.3 Å². The molecule has 0 radical (unpaired) electrons. The minimum Gasteiger partial charge on any atom is -0.409 e. The van der Waals surface area contributed by atoms with Crippen LogP contribution in [-0.2, 0) is 0 Å². The molecule has 6 heteroatoms. The average Bonchev–Trinajstić information content (AvgIpc) is 2.35. The highest BCUT2D eigenvalue weighted by Crippen LogP contribution is 2.28. The molecule has 18 heavy (non-hydrogen) atoms. The number of halogens is 1. The fraction of sp³-hybridized carbons (Fsp3) is 0.500. The van der Waals surface area contributed by atoms with Gasteiger partial charge in [0.25, 0.3) is 0 Å². The van der Waals surface area contributed by atoms with Gasteiger partial charge >= 0.3 is 0 Å². The van der Waals surface area contributed by atoms with Gasteiger partial charge in [-0.1, -0.05) is 23.7 Å². The van der Waals surface area contributed by atoms with Crippen molar-refractivity contribution in [1.29, 1.82) is 0 Å². The van der Waals surface area contributed by atoms with Crippen LogP contribution in [0.25, 0.3) is 0 Å². The number of oxime groups is 1. The van der Waals surface area contributed by atoms with Crippen LogP contribution in [0.3, 0.4) is 0 Å². The molecule has 0 aliphatic rings. The highest BCUT2D eigenvalue weighted by Gasteiger charge is 2.18. The number of nitrogens with two attached hydrogens (primary N) is 1. The number of aromatic nitrogens is 1. The van der Waals surface area contributed by atoms with Crippen LogP contribution < -0.4 is 10.6 Å². The number of pyridine rings is 1. The van der Waals surface area contributed by atoms with Crippen molar-refractivity contribution < 1.29 is 5.21 Å². The molecule has 1 aromatic heterocycles. The maximum absolute atomic E-state index is 8.73. The van der Waals surface area contributed by atoms with Crippen LogP contribution in [0.2, 0.25) is 5.02 Å². The zero-order valence-electron chi connectivity index (χ0n) is 10.9. The molecule has 0 aliphatic heterocycles. The topological polar surface area (TPSA) is 74.7 Å². The van der Waals surface area contributed by atoms with E-state index < -0.39 is 0 Å². The molecule has 0 aliphatic carbocycles. The van der Waals surface area contributed by atoms with Gasteiger partial charge in [0, 0.05) is 24.3 Å². The molecule has 0 unspecified atom stereocenters. The van der Waals surface area contributed by atoms with Crippen LogP contribution in [0.4, 0.5) is 5.82 Å². The maximum atomic E-state index is 8.73. The summed E-state index contributed by atoms with van der Waals surface area (Å²) in [6.07, 6.45) is 2.60. The van der Waals surface area contributed by atoms with Crippen LogP contribution in [0, 0.1) is 0 Å². The molecule has 0 bridgehead atoms. The SMILES string of the molecule is CCCN(c1nccc(/C(N)=N/O)c1Cl)C(C)C. The van der Waals surface area contributed by atoms with Gasteiger partial charge in [-0.25, -0.2) is 4.98 Å². The maximum Gasteiger partial charge on any atom is 0.171 e. The summed E-state index contributed by atoms with van der Waals surface area (Å²) < 4.78 is 0. The molecule has 5 nitrogen and oxygen atoms in total. The van der Waals surface area contributed by atoms with Crippen LogP contribution >= 0.6 is 11.6 Å². The Morgan fingerprint density at radius 2 is 2.28 bits per heavy atom. The lowest BCUT2D eigenvalue weighted by molar-refractivity contribution is 0.318. The fourth-order valence-electron chi connectivity index (χ4n) is 1.73. The van der Waals surface area contributed by atoms with Gasteiger partial charge in [-0.3, -0.25) is 0 Å². The van der Waals surface area contributed by atoms with Crippen molar-refractivity contribution in [3.63, 3.8) is 0 Å². The molecule has 0 amide bonds. The molecular formula is C12H19ClN4O. The Bertz CT molecular complexity index is 434. The first-order valence-corrected chi connectivity index (χ1v) is 6.29. The lowest BCUT2D eigenvalue weighted by Crippen LogP contribution is -2.33. The lowest BCUT2D eigenvalue weighted by Gasteiger charge is -2.28. The number of hydrogen-bond acceptors (Lipinski definition) is 4. The molecule has 0 fully saturated rings. The van der Waals surface area contributed by atoms with E-state index in [1.165, 1.54) is 0 Å². The van der Waals surface area contributed by atoms with Crippen molar-refractivity contribution >= 4 is 23.3 Å². The summed E-state index contributed by atoms with van der Waals surface area (Å²) in [5.41, 5.74) is 6.08. The molecule has 0 saturated heterocycles. The third-order valence-electron chi connectivity index (χ3n) is 2.61. The lowest BCUT2D eigenvalue weighted by atomic mass is 10.2. The van der Waals surface area contributed by atoms with Crippen molar-refractivity contribution in [2.24, 2.45) is 10.9 Å². The smallest absolute Gasteiger partial charge is 0.171 e. The Labute approximate surface area is 112 Å². The third-order valence-corrected chi connectivity index (χ3v) is 2.99. The van der Waals surface area contributed by atoms with Crippen LogP contribution in [0.1, 0.15) is 32.8 Å². The number of anilines is 1. The average molecular weight is 271 g/mol. The number of nitrogens with zero attached hydrogens (tertiary/aromatic N) is 3. The second kappa shape index (κ2) is 6.44. The van der Waals surface area contributed by atoms with E-state index in [1.807, 2.05) is 0 Å². The van der Waals surface area contributed by atoms with Crippen LogP contribution in [0.15, 0.2) is 17.4 Å². The first-order valence-electron chi connectivity index (χ1n) is 5.91. The highest BCUT2D eigenvalue weighted by molar-refractivity contribution is 6.36. The van der Waals surface area contributed by atoms with Gasteiger partial charge in [0.2, 0.25) is 0 Å². The number of rotatable bonds is 5. The largest absolute Gasteiger partial charge is 0.409 e. The van der Waals surface area contributed by atoms with Crippen LogP contribution in [-0.4, -0.2) is 28.6 Å². The molecule has 1 rings (SSSR count). The second-order valence-corrected chi connectivity index (χ2v) is 4.65. The molecular weight excluding hydrogens is 252 g/mol. The Hall–Kier alpha value is -1.49. The number of amidine groups is 1. The van der Waals surface area contributed by atoms with Crippen molar-refractivity contribution in [2.75, 3.05) is 11.4 Å². The van der Waals surface area contributed by atoms with Gasteiger partial charge in [-0.15, -0.1) is 0 Å². The quantitative estimate of drug-likeness (QED) is 0.373. The summed E-state index contributed by atoms with van der Waals surface area (Å²) in [7, 11) is 0. The summed E-state index contributed by atoms with van der Waals surface area (Å²) >= 11 is 6.28. The molecule has 0 aromatic carbocycles. The molecule has 0 atom stereocenters. The zero-order chi connectivity index (χ0) is 13.7. The van der Waals surface area contributed by atoms with E-state index in [-0.39, 0.29) is 11.9 Å². The van der Waals surface area contributed by atoms with Gasteiger partial charge in [-0.2, -0.15) is 0 Å². The second-order valence-electron chi connectivity index (χ2n) is 4.27. The summed E-state index contributed by atoms with van der Waals surface area (Å²) in [4.78, 5) is 6.39.